The summed E-state index contributed by atoms with van der Waals surface area (Å²) in [6.07, 6.45) is 19.4. The minimum atomic E-state index is -2.42. The molecule has 6 rings (SSSR count). The van der Waals surface area contributed by atoms with E-state index >= 15 is 0 Å². The van der Waals surface area contributed by atoms with Gasteiger partial charge in [-0.3, -0.25) is 0 Å². The van der Waals surface area contributed by atoms with E-state index in [4.69, 9.17) is 0 Å². The summed E-state index contributed by atoms with van der Waals surface area (Å²) >= 11 is -2.42. The molecule has 0 unspecified atom stereocenters. The Kier molecular flexibility index (Phi) is 11.1. The fourth-order valence-electron chi connectivity index (χ4n) is 8.79. The number of hydrogen-bond donors (Lipinski definition) is 0. The maximum Gasteiger partial charge on any atom is -1.00 e. The molecule has 0 aliphatic heterocycles. The van der Waals surface area contributed by atoms with Crippen LogP contribution in [0.4, 0.5) is 0 Å². The molecule has 46 heavy (non-hydrogen) atoms. The zero-order chi connectivity index (χ0) is 31.8. The normalized spacial score (nSPS) is 18.1. The molecule has 0 aromatic heterocycles. The van der Waals surface area contributed by atoms with E-state index in [0.29, 0.717) is 3.63 Å². The number of fused-ring (bicyclic) bond motifs is 5. The van der Waals surface area contributed by atoms with Crippen LogP contribution in [0.5, 0.6) is 0 Å². The summed E-state index contributed by atoms with van der Waals surface area (Å²) in [4.78, 5) is 0. The number of unbranched alkanes of at least 4 members (excludes halogenated alkanes) is 2. The summed E-state index contributed by atoms with van der Waals surface area (Å²) in [7, 11) is 0. The van der Waals surface area contributed by atoms with Gasteiger partial charge in [0, 0.05) is 0 Å². The van der Waals surface area contributed by atoms with E-state index < -0.39 is 21.3 Å². The molecule has 3 heteroatoms. The first kappa shape index (κ1) is 37.6. The molecule has 0 N–H and O–H groups in total. The Labute approximate surface area is 301 Å². The third kappa shape index (κ3) is 6.41. The molecular formula is C43H56Cl2Zr. The summed E-state index contributed by atoms with van der Waals surface area (Å²) in [5.74, 6) is 0. The van der Waals surface area contributed by atoms with Crippen LogP contribution in [-0.4, -0.2) is 3.21 Å². The van der Waals surface area contributed by atoms with E-state index in [1.165, 1.54) is 67.2 Å². The van der Waals surface area contributed by atoms with Crippen molar-refractivity contribution in [3.05, 3.63) is 90.8 Å². The van der Waals surface area contributed by atoms with E-state index in [1.807, 2.05) is 6.49 Å². The van der Waals surface area contributed by atoms with Crippen molar-refractivity contribution in [2.75, 3.05) is 0 Å². The quantitative estimate of drug-likeness (QED) is 0.288. The predicted octanol–water partition coefficient (Wildman–Crippen LogP) is 6.58. The largest absolute Gasteiger partial charge is 1.00 e. The van der Waals surface area contributed by atoms with Crippen LogP contribution in [0, 0.1) is 5.41 Å². The van der Waals surface area contributed by atoms with Gasteiger partial charge in [0.05, 0.1) is 0 Å². The van der Waals surface area contributed by atoms with Gasteiger partial charge in [-0.25, -0.2) is 0 Å². The monoisotopic (exact) mass is 732 g/mol. The van der Waals surface area contributed by atoms with Crippen molar-refractivity contribution in [3.63, 3.8) is 0 Å². The van der Waals surface area contributed by atoms with Crippen molar-refractivity contribution < 1.29 is 46.1 Å². The molecule has 2 aromatic carbocycles. The second-order valence-corrected chi connectivity index (χ2v) is 23.3. The zero-order valence-corrected chi connectivity index (χ0v) is 34.4. The molecule has 0 fully saturated rings. The van der Waals surface area contributed by atoms with Crippen LogP contribution in [0.2, 0.25) is 0 Å². The van der Waals surface area contributed by atoms with Crippen molar-refractivity contribution in [2.45, 2.75) is 136 Å². The van der Waals surface area contributed by atoms with Crippen LogP contribution in [0.1, 0.15) is 158 Å². The zero-order valence-electron chi connectivity index (χ0n) is 30.4. The Hall–Kier alpha value is -1.27. The van der Waals surface area contributed by atoms with E-state index in [0.717, 1.165) is 0 Å². The van der Waals surface area contributed by atoms with Crippen LogP contribution < -0.4 is 24.8 Å². The Bertz CT molecular complexity index is 1600. The summed E-state index contributed by atoms with van der Waals surface area (Å²) in [5.41, 5.74) is 17.3. The standard InChI is InChI=1S/C25H25.C9H13.C9H18.2ClH.Zr/c1-14-12-24(3,4)22-8-16-7-17-9-23-19(15(2)13-25(23,5)6)11-21(17)20(16)10-18(14)22;1-9(2,3)8-6-4-5-7-8;1-3-5-7-9-8-6-4-2;;;/h7-13H,1-6H3;6-7H,4H2,1-3H3;3-8H2,1-2H3;2*1H;/q;;;;;+2/p-2. The van der Waals surface area contributed by atoms with Crippen LogP contribution in [0.25, 0.3) is 22.3 Å². The van der Waals surface area contributed by atoms with Gasteiger partial charge >= 0.3 is 279 Å². The first-order valence-electron chi connectivity index (χ1n) is 17.6. The molecular weight excluding hydrogens is 679 g/mol. The number of allylic oxidation sites excluding steroid dienone is 8. The first-order valence-corrected chi connectivity index (χ1v) is 21.5. The second kappa shape index (κ2) is 13.6. The molecule has 0 saturated heterocycles. The van der Waals surface area contributed by atoms with Gasteiger partial charge in [-0.2, -0.15) is 0 Å². The van der Waals surface area contributed by atoms with Crippen molar-refractivity contribution >= 4 is 14.4 Å². The molecule has 4 aliphatic rings. The van der Waals surface area contributed by atoms with E-state index in [1.54, 1.807) is 39.0 Å². The minimum Gasteiger partial charge on any atom is -1.00 e. The van der Waals surface area contributed by atoms with Crippen molar-refractivity contribution in [1.82, 2.24) is 0 Å². The third-order valence-corrected chi connectivity index (χ3v) is 19.7. The molecule has 4 aliphatic carbocycles. The topological polar surface area (TPSA) is 0 Å². The van der Waals surface area contributed by atoms with Crippen LogP contribution in [-0.2, 0) is 32.1 Å². The number of hydrogen-bond acceptors (Lipinski definition) is 0. The molecule has 0 heterocycles. The fourth-order valence-corrected chi connectivity index (χ4v) is 18.3. The van der Waals surface area contributed by atoms with Crippen LogP contribution in [0.15, 0.2) is 57.4 Å². The molecule has 0 amide bonds. The van der Waals surface area contributed by atoms with Gasteiger partial charge in [-0.15, -0.1) is 0 Å². The number of benzene rings is 2. The molecule has 0 nitrogen and oxygen atoms in total. The molecule has 0 atom stereocenters. The molecule has 0 saturated carbocycles. The Morgan fingerprint density at radius 1 is 0.739 bits per heavy atom. The van der Waals surface area contributed by atoms with E-state index in [2.05, 4.69) is 125 Å². The summed E-state index contributed by atoms with van der Waals surface area (Å²) in [6.45, 7) is 26.3. The van der Waals surface area contributed by atoms with Crippen LogP contribution >= 0.6 is 0 Å². The Morgan fingerprint density at radius 3 is 1.59 bits per heavy atom. The molecule has 0 bridgehead atoms. The number of rotatable bonds is 8. The van der Waals surface area contributed by atoms with Gasteiger partial charge in [0.2, 0.25) is 0 Å². The Balaban J connectivity index is 0.00000240. The van der Waals surface area contributed by atoms with Gasteiger partial charge in [0.25, 0.3) is 0 Å². The maximum atomic E-state index is 2.72. The molecule has 246 valence electrons. The average Bonchev–Trinajstić information content (AvgIpc) is 3.66. The van der Waals surface area contributed by atoms with E-state index in [-0.39, 0.29) is 41.1 Å². The second-order valence-electron chi connectivity index (χ2n) is 16.5. The summed E-state index contributed by atoms with van der Waals surface area (Å²) < 4.78 is 4.42. The average molecular weight is 735 g/mol. The molecule has 2 aromatic rings. The van der Waals surface area contributed by atoms with Crippen LogP contribution in [0.3, 0.4) is 0 Å². The van der Waals surface area contributed by atoms with E-state index in [9.17, 15) is 0 Å². The van der Waals surface area contributed by atoms with Gasteiger partial charge in [0.15, 0.2) is 0 Å². The van der Waals surface area contributed by atoms with Gasteiger partial charge < -0.3 is 24.8 Å². The SMILES string of the molecule is CCCC[C](CCCC)=[Zr+2]([C]1=CC(C(C)(C)C)=CC1)[CH]1c2cc3c(cc2-c2cc4c(cc21)C(C)(C)C=C4C)C(C)=CC3(C)C.[Cl-].[Cl-]. The van der Waals surface area contributed by atoms with Crippen molar-refractivity contribution in [1.29, 1.82) is 0 Å². The molecule has 0 spiro atoms. The Morgan fingerprint density at radius 2 is 1.20 bits per heavy atom. The van der Waals surface area contributed by atoms with Crippen molar-refractivity contribution in [2.24, 2.45) is 5.41 Å². The van der Waals surface area contributed by atoms with Gasteiger partial charge in [0.1, 0.15) is 0 Å². The number of halogens is 2. The predicted molar refractivity (Wildman–Crippen MR) is 191 cm³/mol. The summed E-state index contributed by atoms with van der Waals surface area (Å²) in [6, 6.07) is 10.7. The summed E-state index contributed by atoms with van der Waals surface area (Å²) in [5, 5.41) is 0. The maximum absolute atomic E-state index is 2.72. The smallest absolute Gasteiger partial charge is 1.00 e. The first-order chi connectivity index (χ1) is 20.7. The molecule has 0 radical (unpaired) electrons. The third-order valence-electron chi connectivity index (χ3n) is 11.1. The minimum absolute atomic E-state index is 0. The van der Waals surface area contributed by atoms with Crippen molar-refractivity contribution in [3.8, 4) is 11.1 Å². The fraction of sp³-hybridized carbons (Fsp3) is 0.512. The van der Waals surface area contributed by atoms with Gasteiger partial charge in [-0.1, -0.05) is 0 Å². The van der Waals surface area contributed by atoms with Gasteiger partial charge in [-0.05, 0) is 0 Å².